The average Bonchev–Trinajstić information content (AvgIpc) is 2.09. The second kappa shape index (κ2) is 4.02. The van der Waals surface area contributed by atoms with E-state index in [0.717, 1.165) is 4.90 Å². The zero-order valence-electron chi connectivity index (χ0n) is 7.19. The highest BCUT2D eigenvalue weighted by molar-refractivity contribution is 7.92. The predicted octanol–water partition coefficient (Wildman–Crippen LogP) is 1.74. The summed E-state index contributed by atoms with van der Waals surface area (Å²) in [4.78, 5) is 0.805. The maximum atomic E-state index is 11.1. The first-order chi connectivity index (χ1) is 6.03. The predicted molar refractivity (Wildman–Crippen MR) is 56.8 cm³/mol. The highest BCUT2D eigenvalue weighted by Crippen LogP contribution is 2.13. The maximum Gasteiger partial charge on any atom is 0.232 e. The summed E-state index contributed by atoms with van der Waals surface area (Å²) in [6.45, 7) is 1.59. The summed E-state index contributed by atoms with van der Waals surface area (Å²) in [5.41, 5.74) is 0.569. The number of thiol groups is 1. The molecule has 1 aromatic carbocycles. The van der Waals surface area contributed by atoms with Crippen LogP contribution in [0.2, 0.25) is 0 Å². The van der Waals surface area contributed by atoms with Gasteiger partial charge in [0.15, 0.2) is 0 Å². The van der Waals surface area contributed by atoms with Crippen molar-refractivity contribution in [3.05, 3.63) is 24.3 Å². The lowest BCUT2D eigenvalue weighted by Gasteiger charge is -2.05. The van der Waals surface area contributed by atoms with Gasteiger partial charge in [0.25, 0.3) is 0 Å². The molecule has 0 bridgehead atoms. The van der Waals surface area contributed by atoms with Crippen molar-refractivity contribution in [2.45, 2.75) is 11.8 Å². The minimum atomic E-state index is -3.16. The smallest absolute Gasteiger partial charge is 0.232 e. The van der Waals surface area contributed by atoms with Gasteiger partial charge in [-0.2, -0.15) is 0 Å². The molecule has 1 N–H and O–H groups in total. The second-order valence-electron chi connectivity index (χ2n) is 2.55. The summed E-state index contributed by atoms with van der Waals surface area (Å²) in [5.74, 6) is 0.0790. The molecule has 1 aromatic rings. The van der Waals surface area contributed by atoms with Crippen LogP contribution in [0.5, 0.6) is 0 Å². The lowest BCUT2D eigenvalue weighted by atomic mass is 10.3. The van der Waals surface area contributed by atoms with E-state index in [2.05, 4.69) is 17.4 Å². The minimum Gasteiger partial charge on any atom is -0.284 e. The Morgan fingerprint density at radius 1 is 1.31 bits per heavy atom. The van der Waals surface area contributed by atoms with Gasteiger partial charge in [-0.05, 0) is 31.2 Å². The molecule has 0 aliphatic carbocycles. The molecule has 0 aromatic heterocycles. The van der Waals surface area contributed by atoms with Gasteiger partial charge >= 0.3 is 0 Å². The largest absolute Gasteiger partial charge is 0.284 e. The molecule has 13 heavy (non-hydrogen) atoms. The van der Waals surface area contributed by atoms with Crippen molar-refractivity contribution >= 4 is 28.3 Å². The van der Waals surface area contributed by atoms with Crippen LogP contribution in [0.15, 0.2) is 29.2 Å². The molecule has 0 amide bonds. The highest BCUT2D eigenvalue weighted by atomic mass is 32.2. The molecule has 72 valence electrons. The number of hydrogen-bond acceptors (Lipinski definition) is 3. The number of anilines is 1. The van der Waals surface area contributed by atoms with Gasteiger partial charge in [0.05, 0.1) is 5.75 Å². The molecule has 0 heterocycles. The first kappa shape index (κ1) is 10.4. The molecule has 0 unspecified atom stereocenters. The van der Waals surface area contributed by atoms with E-state index in [4.69, 9.17) is 0 Å². The molecule has 0 radical (unpaired) electrons. The van der Waals surface area contributed by atoms with Crippen LogP contribution in [0.1, 0.15) is 6.92 Å². The van der Waals surface area contributed by atoms with Gasteiger partial charge in [0.2, 0.25) is 10.0 Å². The summed E-state index contributed by atoms with van der Waals surface area (Å²) in [6.07, 6.45) is 0. The van der Waals surface area contributed by atoms with Gasteiger partial charge in [0, 0.05) is 10.6 Å². The molecule has 1 rings (SSSR count). The summed E-state index contributed by atoms with van der Waals surface area (Å²) < 4.78 is 24.7. The van der Waals surface area contributed by atoms with Crippen molar-refractivity contribution in [2.24, 2.45) is 0 Å². The van der Waals surface area contributed by atoms with Crippen LogP contribution < -0.4 is 4.72 Å². The van der Waals surface area contributed by atoms with E-state index in [-0.39, 0.29) is 5.75 Å². The first-order valence-electron chi connectivity index (χ1n) is 3.83. The molecule has 5 heteroatoms. The van der Waals surface area contributed by atoms with E-state index in [1.165, 1.54) is 0 Å². The molecule has 0 atom stereocenters. The van der Waals surface area contributed by atoms with Gasteiger partial charge in [-0.3, -0.25) is 4.72 Å². The fraction of sp³-hybridized carbons (Fsp3) is 0.250. The van der Waals surface area contributed by atoms with Crippen molar-refractivity contribution in [3.63, 3.8) is 0 Å². The van der Waals surface area contributed by atoms with Crippen molar-refractivity contribution in [3.8, 4) is 0 Å². The molecule has 0 saturated carbocycles. The summed E-state index contributed by atoms with van der Waals surface area (Å²) in [7, 11) is -3.16. The van der Waals surface area contributed by atoms with E-state index in [1.807, 2.05) is 0 Å². The Labute approximate surface area is 83.6 Å². The molecule has 0 fully saturated rings. The topological polar surface area (TPSA) is 46.2 Å². The van der Waals surface area contributed by atoms with Crippen LogP contribution >= 0.6 is 12.6 Å². The van der Waals surface area contributed by atoms with E-state index in [9.17, 15) is 8.42 Å². The number of sulfonamides is 1. The van der Waals surface area contributed by atoms with Crippen molar-refractivity contribution in [2.75, 3.05) is 10.5 Å². The summed E-state index contributed by atoms with van der Waals surface area (Å²) >= 11 is 4.09. The number of benzene rings is 1. The Hall–Kier alpha value is -0.680. The van der Waals surface area contributed by atoms with E-state index >= 15 is 0 Å². The molecule has 0 aliphatic heterocycles. The van der Waals surface area contributed by atoms with Crippen molar-refractivity contribution in [1.29, 1.82) is 0 Å². The number of rotatable bonds is 3. The molecule has 0 spiro atoms. The SMILES string of the molecule is CCS(=O)(=O)Nc1ccc(S)cc1. The Balaban J connectivity index is 2.82. The van der Waals surface area contributed by atoms with Gasteiger partial charge in [-0.25, -0.2) is 8.42 Å². The monoisotopic (exact) mass is 217 g/mol. The van der Waals surface area contributed by atoms with Crippen LogP contribution in [0.3, 0.4) is 0 Å². The number of hydrogen-bond donors (Lipinski definition) is 2. The average molecular weight is 217 g/mol. The Morgan fingerprint density at radius 3 is 2.31 bits per heavy atom. The van der Waals surface area contributed by atoms with E-state index < -0.39 is 10.0 Å². The van der Waals surface area contributed by atoms with Crippen molar-refractivity contribution < 1.29 is 8.42 Å². The van der Waals surface area contributed by atoms with Gasteiger partial charge < -0.3 is 0 Å². The van der Waals surface area contributed by atoms with Crippen LogP contribution in [0.25, 0.3) is 0 Å². The molecular formula is C8H11NO2S2. The second-order valence-corrected chi connectivity index (χ2v) is 5.08. The van der Waals surface area contributed by atoms with Crippen LogP contribution in [0, 0.1) is 0 Å². The minimum absolute atomic E-state index is 0.0790. The third kappa shape index (κ3) is 3.28. The van der Waals surface area contributed by atoms with Crippen molar-refractivity contribution in [1.82, 2.24) is 0 Å². The lowest BCUT2D eigenvalue weighted by molar-refractivity contribution is 0.602. The zero-order chi connectivity index (χ0) is 9.90. The quantitative estimate of drug-likeness (QED) is 0.757. The van der Waals surface area contributed by atoms with E-state index in [0.29, 0.717) is 5.69 Å². The summed E-state index contributed by atoms with van der Waals surface area (Å²) in [6, 6.07) is 6.82. The normalized spacial score (nSPS) is 11.2. The molecular weight excluding hydrogens is 206 g/mol. The Kier molecular flexibility index (Phi) is 3.22. The van der Waals surface area contributed by atoms with E-state index in [1.54, 1.807) is 31.2 Å². The lowest BCUT2D eigenvalue weighted by Crippen LogP contribution is -2.14. The Bertz CT molecular complexity index is 370. The maximum absolute atomic E-state index is 11.1. The third-order valence-electron chi connectivity index (χ3n) is 1.52. The third-order valence-corrected chi connectivity index (χ3v) is 3.13. The molecule has 0 saturated heterocycles. The van der Waals surface area contributed by atoms with Gasteiger partial charge in [-0.15, -0.1) is 12.6 Å². The molecule has 0 aliphatic rings. The zero-order valence-corrected chi connectivity index (χ0v) is 8.90. The molecule has 3 nitrogen and oxygen atoms in total. The Morgan fingerprint density at radius 2 is 1.85 bits per heavy atom. The fourth-order valence-corrected chi connectivity index (χ4v) is 1.57. The van der Waals surface area contributed by atoms with Crippen LogP contribution in [0.4, 0.5) is 5.69 Å². The van der Waals surface area contributed by atoms with Crippen LogP contribution in [-0.2, 0) is 10.0 Å². The fourth-order valence-electron chi connectivity index (χ4n) is 0.781. The standard InChI is InChI=1S/C8H11NO2S2/c1-2-13(10,11)9-7-3-5-8(12)6-4-7/h3-6,9,12H,2H2,1H3. The first-order valence-corrected chi connectivity index (χ1v) is 5.93. The van der Waals surface area contributed by atoms with Crippen LogP contribution in [-0.4, -0.2) is 14.2 Å². The number of nitrogens with one attached hydrogen (secondary N) is 1. The summed E-state index contributed by atoms with van der Waals surface area (Å²) in [5, 5.41) is 0. The van der Waals surface area contributed by atoms with Gasteiger partial charge in [0.1, 0.15) is 0 Å². The highest BCUT2D eigenvalue weighted by Gasteiger charge is 2.05. The van der Waals surface area contributed by atoms with Gasteiger partial charge in [-0.1, -0.05) is 0 Å².